The van der Waals surface area contributed by atoms with Gasteiger partial charge in [0.1, 0.15) is 11.9 Å². The maximum absolute atomic E-state index is 13.1. The van der Waals surface area contributed by atoms with Gasteiger partial charge in [0.15, 0.2) is 0 Å². The van der Waals surface area contributed by atoms with Gasteiger partial charge in [0.25, 0.3) is 0 Å². The molecule has 0 radical (unpaired) electrons. The molecule has 0 aliphatic carbocycles. The number of carbonyl (C=O) groups excluding carboxylic acids is 2. The normalized spacial score (nSPS) is 14.0. The lowest BCUT2D eigenvalue weighted by Gasteiger charge is -2.28. The second-order valence-electron chi connectivity index (χ2n) is 9.51. The van der Waals surface area contributed by atoms with Crippen LogP contribution in [0.5, 0.6) is 0 Å². The number of ether oxygens (including phenoxy) is 1. The lowest BCUT2D eigenvalue weighted by Crippen LogP contribution is -2.45. The van der Waals surface area contributed by atoms with Crippen molar-refractivity contribution in [3.05, 3.63) is 48.2 Å². The molecule has 2 amide bonds. The standard InChI is InChI=1S/C28H37FN8O3/c1-21(36(4)25(38)10-8-14-35(2)3)27(39)30-13-7-5-6-9-22-19-32-28(33-23-11-12-24(29)31-20-23)34-26(22)37-15-17-40-18-16-37/h8,10-12,19-21H,5,7,13-18H2,1-4H3,(H,30,39)(H,32,33,34)/t21-/m0/s1. The Balaban J connectivity index is 1.54. The number of hydrogen-bond acceptors (Lipinski definition) is 9. The largest absolute Gasteiger partial charge is 0.378 e. The highest BCUT2D eigenvalue weighted by molar-refractivity contribution is 5.92. The number of amides is 2. The third-order valence-electron chi connectivity index (χ3n) is 6.10. The number of morpholine rings is 1. The fourth-order valence-electron chi connectivity index (χ4n) is 3.66. The summed E-state index contributed by atoms with van der Waals surface area (Å²) < 4.78 is 18.6. The molecular formula is C28H37FN8O3. The zero-order chi connectivity index (χ0) is 28.9. The molecule has 1 aliphatic heterocycles. The van der Waals surface area contributed by atoms with E-state index < -0.39 is 12.0 Å². The highest BCUT2D eigenvalue weighted by atomic mass is 19.1. The van der Waals surface area contributed by atoms with E-state index in [4.69, 9.17) is 4.74 Å². The number of nitrogens with zero attached hydrogens (tertiary/aromatic N) is 6. The summed E-state index contributed by atoms with van der Waals surface area (Å²) in [5.74, 6) is 6.35. The fraction of sp³-hybridized carbons (Fsp3) is 0.464. The smallest absolute Gasteiger partial charge is 0.246 e. The quantitative estimate of drug-likeness (QED) is 0.186. The van der Waals surface area contributed by atoms with E-state index in [-0.39, 0.29) is 11.8 Å². The first-order valence-corrected chi connectivity index (χ1v) is 13.2. The number of carbonyl (C=O) groups is 2. The maximum Gasteiger partial charge on any atom is 0.246 e. The van der Waals surface area contributed by atoms with Gasteiger partial charge in [-0.15, -0.1) is 0 Å². The van der Waals surface area contributed by atoms with Crippen LogP contribution in [0.2, 0.25) is 0 Å². The summed E-state index contributed by atoms with van der Waals surface area (Å²) in [6.07, 6.45) is 7.49. The number of nitrogens with one attached hydrogen (secondary N) is 2. The monoisotopic (exact) mass is 552 g/mol. The Labute approximate surface area is 234 Å². The van der Waals surface area contributed by atoms with Crippen LogP contribution in [0, 0.1) is 17.8 Å². The molecule has 40 heavy (non-hydrogen) atoms. The average molecular weight is 553 g/mol. The first-order valence-electron chi connectivity index (χ1n) is 13.2. The van der Waals surface area contributed by atoms with E-state index in [1.165, 1.54) is 23.2 Å². The molecule has 2 N–H and O–H groups in total. The van der Waals surface area contributed by atoms with Crippen molar-refractivity contribution >= 4 is 29.3 Å². The van der Waals surface area contributed by atoms with E-state index in [0.717, 1.165) is 0 Å². The summed E-state index contributed by atoms with van der Waals surface area (Å²) >= 11 is 0. The number of likely N-dealkylation sites (N-methyl/N-ethyl adjacent to an activating group) is 2. The van der Waals surface area contributed by atoms with E-state index in [9.17, 15) is 14.0 Å². The summed E-state index contributed by atoms with van der Waals surface area (Å²) in [4.78, 5) is 42.9. The lowest BCUT2D eigenvalue weighted by atomic mass is 10.2. The molecule has 214 valence electrons. The highest BCUT2D eigenvalue weighted by Crippen LogP contribution is 2.21. The minimum absolute atomic E-state index is 0.215. The Bertz CT molecular complexity index is 1220. The van der Waals surface area contributed by atoms with Gasteiger partial charge in [-0.25, -0.2) is 9.97 Å². The molecule has 12 heteroatoms. The van der Waals surface area contributed by atoms with Crippen molar-refractivity contribution in [3.63, 3.8) is 0 Å². The number of hydrogen-bond donors (Lipinski definition) is 2. The van der Waals surface area contributed by atoms with Gasteiger partial charge in [0.05, 0.1) is 36.9 Å². The molecule has 0 aromatic carbocycles. The van der Waals surface area contributed by atoms with Gasteiger partial charge in [0, 0.05) is 45.7 Å². The van der Waals surface area contributed by atoms with E-state index in [2.05, 4.69) is 42.3 Å². The first-order chi connectivity index (χ1) is 19.2. The van der Waals surface area contributed by atoms with Crippen molar-refractivity contribution in [1.82, 2.24) is 30.1 Å². The number of pyridine rings is 1. The number of aromatic nitrogens is 3. The third-order valence-corrected chi connectivity index (χ3v) is 6.10. The number of halogens is 1. The van der Waals surface area contributed by atoms with Crippen molar-refractivity contribution in [1.29, 1.82) is 0 Å². The van der Waals surface area contributed by atoms with Crippen LogP contribution in [0.4, 0.5) is 21.8 Å². The van der Waals surface area contributed by atoms with E-state index in [1.54, 1.807) is 32.3 Å². The van der Waals surface area contributed by atoms with Gasteiger partial charge in [-0.1, -0.05) is 17.9 Å². The Morgan fingerprint density at radius 1 is 1.20 bits per heavy atom. The Hall–Kier alpha value is -4.08. The van der Waals surface area contributed by atoms with Crippen LogP contribution in [0.1, 0.15) is 25.3 Å². The van der Waals surface area contributed by atoms with Crippen molar-refractivity contribution < 1.29 is 18.7 Å². The van der Waals surface area contributed by atoms with Crippen LogP contribution in [0.3, 0.4) is 0 Å². The van der Waals surface area contributed by atoms with Crippen molar-refractivity contribution in [3.8, 4) is 11.8 Å². The number of anilines is 3. The van der Waals surface area contributed by atoms with E-state index in [0.29, 0.717) is 75.3 Å². The predicted octanol–water partition coefficient (Wildman–Crippen LogP) is 1.80. The molecule has 0 bridgehead atoms. The molecule has 1 saturated heterocycles. The van der Waals surface area contributed by atoms with Gasteiger partial charge in [-0.2, -0.15) is 9.37 Å². The predicted molar refractivity (Wildman–Crippen MR) is 152 cm³/mol. The first kappa shape index (κ1) is 30.5. The van der Waals surface area contributed by atoms with E-state index >= 15 is 0 Å². The summed E-state index contributed by atoms with van der Waals surface area (Å²) in [5.41, 5.74) is 1.26. The van der Waals surface area contributed by atoms with E-state index in [1.807, 2.05) is 19.0 Å². The van der Waals surface area contributed by atoms with Gasteiger partial charge in [-0.3, -0.25) is 9.59 Å². The Morgan fingerprint density at radius 3 is 2.67 bits per heavy atom. The minimum Gasteiger partial charge on any atom is -0.378 e. The van der Waals surface area contributed by atoms with Crippen molar-refractivity contribution in [2.24, 2.45) is 0 Å². The molecule has 2 aromatic rings. The Kier molecular flexibility index (Phi) is 11.8. The number of unbranched alkanes of at least 4 members (excludes halogenated alkanes) is 1. The summed E-state index contributed by atoms with van der Waals surface area (Å²) in [6, 6.07) is 2.23. The zero-order valence-corrected chi connectivity index (χ0v) is 23.5. The Morgan fingerprint density at radius 2 is 1.98 bits per heavy atom. The number of rotatable bonds is 11. The molecule has 3 rings (SSSR count). The molecule has 0 saturated carbocycles. The molecule has 11 nitrogen and oxygen atoms in total. The third kappa shape index (κ3) is 9.59. The zero-order valence-electron chi connectivity index (χ0n) is 23.5. The van der Waals surface area contributed by atoms with Gasteiger partial charge in [0.2, 0.25) is 23.7 Å². The second-order valence-corrected chi connectivity index (χ2v) is 9.51. The molecule has 0 unspecified atom stereocenters. The average Bonchev–Trinajstić information content (AvgIpc) is 2.95. The lowest BCUT2D eigenvalue weighted by molar-refractivity contribution is -0.135. The summed E-state index contributed by atoms with van der Waals surface area (Å²) in [5, 5.41) is 5.91. The van der Waals surface area contributed by atoms with Gasteiger partial charge < -0.3 is 30.1 Å². The molecular weight excluding hydrogens is 515 g/mol. The van der Waals surface area contributed by atoms with Gasteiger partial charge in [-0.05, 0) is 39.6 Å². The summed E-state index contributed by atoms with van der Waals surface area (Å²) in [7, 11) is 5.45. The topological polar surface area (TPSA) is 116 Å². The molecule has 2 aromatic heterocycles. The fourth-order valence-corrected chi connectivity index (χ4v) is 3.66. The molecule has 1 aliphatic rings. The van der Waals surface area contributed by atoms with Crippen LogP contribution in [0.25, 0.3) is 0 Å². The molecule has 1 atom stereocenters. The summed E-state index contributed by atoms with van der Waals surface area (Å²) in [6.45, 7) is 5.32. The van der Waals surface area contributed by atoms with Crippen LogP contribution >= 0.6 is 0 Å². The molecule has 0 spiro atoms. The van der Waals surface area contributed by atoms with Gasteiger partial charge >= 0.3 is 0 Å². The van der Waals surface area contributed by atoms with Crippen molar-refractivity contribution in [2.45, 2.75) is 25.8 Å². The minimum atomic E-state index is -0.589. The van der Waals surface area contributed by atoms with Crippen LogP contribution < -0.4 is 15.5 Å². The maximum atomic E-state index is 13.1. The SMILES string of the molecule is C[C@@H](C(=O)NCCCC#Cc1cnc(Nc2ccc(F)nc2)nc1N1CCOCC1)N(C)C(=O)C=CCN(C)C. The second kappa shape index (κ2) is 15.5. The molecule has 1 fully saturated rings. The molecule has 3 heterocycles. The van der Waals surface area contributed by atoms with Crippen LogP contribution in [-0.4, -0.2) is 103 Å². The van der Waals surface area contributed by atoms with Crippen LogP contribution in [-0.2, 0) is 14.3 Å². The van der Waals surface area contributed by atoms with Crippen LogP contribution in [0.15, 0.2) is 36.7 Å². The van der Waals surface area contributed by atoms with Crippen molar-refractivity contribution in [2.75, 3.05) is 70.8 Å². The highest BCUT2D eigenvalue weighted by Gasteiger charge is 2.20.